The molecule has 146 valence electrons. The molecule has 0 amide bonds. The van der Waals surface area contributed by atoms with Crippen molar-refractivity contribution in [1.29, 1.82) is 0 Å². The van der Waals surface area contributed by atoms with Crippen molar-refractivity contribution < 1.29 is 0 Å². The van der Waals surface area contributed by atoms with Crippen LogP contribution in [-0.4, -0.2) is 0 Å². The van der Waals surface area contributed by atoms with E-state index in [2.05, 4.69) is 89.2 Å². The maximum Gasteiger partial charge on any atom is -0.00212 e. The molecule has 0 radical (unpaired) electrons. The second kappa shape index (κ2) is 7.82. The molecule has 1 saturated carbocycles. The van der Waals surface area contributed by atoms with Crippen molar-refractivity contribution in [3.05, 3.63) is 71.3 Å². The van der Waals surface area contributed by atoms with E-state index in [1.165, 1.54) is 61.6 Å². The van der Waals surface area contributed by atoms with Gasteiger partial charge in [0.15, 0.2) is 0 Å². The largest absolute Gasteiger partial charge is 0.0622 e. The Morgan fingerprint density at radius 2 is 1.37 bits per heavy atom. The van der Waals surface area contributed by atoms with Gasteiger partial charge in [0.25, 0.3) is 0 Å². The molecule has 0 nitrogen and oxygen atoms in total. The minimum atomic E-state index is 0.201. The van der Waals surface area contributed by atoms with Crippen molar-refractivity contribution in [3.63, 3.8) is 0 Å². The number of hydrogen-bond donors (Lipinski definition) is 0. The summed E-state index contributed by atoms with van der Waals surface area (Å²) >= 11 is 0. The van der Waals surface area contributed by atoms with E-state index in [0.717, 1.165) is 0 Å². The second-order valence-corrected chi connectivity index (χ2v) is 10.0. The number of aryl methyl sites for hydroxylation is 1. The highest BCUT2D eigenvalue weighted by atomic mass is 14.5. The molecule has 1 aliphatic carbocycles. The molecule has 0 N–H and O–H groups in total. The maximum atomic E-state index is 2.57. The summed E-state index contributed by atoms with van der Waals surface area (Å²) in [7, 11) is 0. The average molecular weight is 363 g/mol. The molecule has 0 heterocycles. The lowest BCUT2D eigenvalue weighted by molar-refractivity contribution is 0.0799. The van der Waals surface area contributed by atoms with E-state index >= 15 is 0 Å². The van der Waals surface area contributed by atoms with Gasteiger partial charge in [-0.25, -0.2) is 0 Å². The molecule has 0 aliphatic heterocycles. The minimum Gasteiger partial charge on any atom is -0.0622 e. The maximum absolute atomic E-state index is 2.57. The molecule has 2 aromatic carbocycles. The van der Waals surface area contributed by atoms with Crippen LogP contribution in [0.4, 0.5) is 0 Å². The first-order valence-corrected chi connectivity index (χ1v) is 10.9. The van der Waals surface area contributed by atoms with Crippen LogP contribution < -0.4 is 0 Å². The molecule has 0 bridgehead atoms. The van der Waals surface area contributed by atoms with E-state index in [-0.39, 0.29) is 10.8 Å². The molecule has 1 atom stereocenters. The van der Waals surface area contributed by atoms with Gasteiger partial charge in [0.1, 0.15) is 0 Å². The average Bonchev–Trinajstić information content (AvgIpc) is 2.67. The zero-order valence-electron chi connectivity index (χ0n) is 18.1. The lowest BCUT2D eigenvalue weighted by Crippen LogP contribution is -2.44. The van der Waals surface area contributed by atoms with Gasteiger partial charge in [0.2, 0.25) is 0 Å². The summed E-state index contributed by atoms with van der Waals surface area (Å²) in [5.41, 5.74) is 5.30. The molecule has 0 saturated heterocycles. The predicted octanol–water partition coefficient (Wildman–Crippen LogP) is 7.98. The first kappa shape index (κ1) is 20.2. The van der Waals surface area contributed by atoms with Crippen molar-refractivity contribution in [2.45, 2.75) is 90.4 Å². The quantitative estimate of drug-likeness (QED) is 0.488. The third kappa shape index (κ3) is 4.00. The summed E-state index contributed by atoms with van der Waals surface area (Å²) < 4.78 is 0. The molecular weight excluding hydrogens is 324 g/mol. The Bertz CT molecular complexity index is 734. The van der Waals surface area contributed by atoms with Crippen LogP contribution in [0.15, 0.2) is 54.6 Å². The van der Waals surface area contributed by atoms with E-state index in [1.54, 1.807) is 0 Å². The molecule has 2 aromatic rings. The Morgan fingerprint density at radius 3 is 2.00 bits per heavy atom. The fourth-order valence-electron chi connectivity index (χ4n) is 5.51. The number of benzene rings is 2. The molecule has 0 aromatic heterocycles. The summed E-state index contributed by atoms with van der Waals surface area (Å²) in [6, 6.07) is 20.3. The van der Waals surface area contributed by atoms with E-state index in [9.17, 15) is 0 Å². The zero-order chi connectivity index (χ0) is 19.5. The van der Waals surface area contributed by atoms with Gasteiger partial charge in [-0.1, -0.05) is 102 Å². The lowest BCUT2D eigenvalue weighted by atomic mass is 9.54. The topological polar surface area (TPSA) is 0 Å². The van der Waals surface area contributed by atoms with Crippen molar-refractivity contribution in [3.8, 4) is 0 Å². The highest BCUT2D eigenvalue weighted by Crippen LogP contribution is 2.54. The Labute approximate surface area is 167 Å². The van der Waals surface area contributed by atoms with Crippen molar-refractivity contribution in [2.75, 3.05) is 0 Å². The number of rotatable bonds is 6. The van der Waals surface area contributed by atoms with E-state index < -0.39 is 0 Å². The molecule has 27 heavy (non-hydrogen) atoms. The molecule has 0 spiro atoms. The minimum absolute atomic E-state index is 0.201. The highest BCUT2D eigenvalue weighted by Gasteiger charge is 2.46. The van der Waals surface area contributed by atoms with Gasteiger partial charge < -0.3 is 0 Å². The Morgan fingerprint density at radius 1 is 0.778 bits per heavy atom. The fraction of sp³-hybridized carbons (Fsp3) is 0.556. The molecule has 1 fully saturated rings. The van der Waals surface area contributed by atoms with Crippen LogP contribution in [0, 0.1) is 12.3 Å². The standard InChI is InChI=1S/C27H38/c1-22-14-10-11-17-24(22)25(2,3)20-21-27(5,23-15-8-6-9-16-23)26(4)18-12-7-13-19-26/h6,8-11,14-17H,7,12-13,18-21H2,1-5H3/t27-/m1/s1. The third-order valence-corrected chi connectivity index (χ3v) is 7.82. The summed E-state index contributed by atoms with van der Waals surface area (Å²) in [6.07, 6.45) is 9.38. The lowest BCUT2D eigenvalue weighted by Gasteiger charge is -2.51. The Hall–Kier alpha value is -1.56. The fourth-order valence-corrected chi connectivity index (χ4v) is 5.51. The van der Waals surface area contributed by atoms with Gasteiger partial charge in [-0.3, -0.25) is 0 Å². The Balaban J connectivity index is 1.92. The SMILES string of the molecule is Cc1ccccc1C(C)(C)CC[C@](C)(c1ccccc1)C1(C)CCCCC1. The number of hydrogen-bond acceptors (Lipinski definition) is 0. The first-order chi connectivity index (χ1) is 12.8. The summed E-state index contributed by atoms with van der Waals surface area (Å²) in [5, 5.41) is 0. The van der Waals surface area contributed by atoms with Crippen molar-refractivity contribution >= 4 is 0 Å². The van der Waals surface area contributed by atoms with Crippen LogP contribution >= 0.6 is 0 Å². The predicted molar refractivity (Wildman–Crippen MR) is 118 cm³/mol. The third-order valence-electron chi connectivity index (χ3n) is 7.82. The smallest absolute Gasteiger partial charge is 0.00212 e. The van der Waals surface area contributed by atoms with Crippen LogP contribution in [0.5, 0.6) is 0 Å². The summed E-state index contributed by atoms with van der Waals surface area (Å²) in [6.45, 7) is 12.3. The van der Waals surface area contributed by atoms with E-state index in [4.69, 9.17) is 0 Å². The molecular formula is C27H38. The zero-order valence-corrected chi connectivity index (χ0v) is 18.1. The van der Waals surface area contributed by atoms with Crippen molar-refractivity contribution in [2.24, 2.45) is 5.41 Å². The van der Waals surface area contributed by atoms with Crippen LogP contribution in [0.2, 0.25) is 0 Å². The molecule has 1 aliphatic rings. The van der Waals surface area contributed by atoms with Crippen molar-refractivity contribution in [1.82, 2.24) is 0 Å². The normalized spacial score (nSPS) is 19.4. The van der Waals surface area contributed by atoms with E-state index in [1.807, 2.05) is 0 Å². The van der Waals surface area contributed by atoms with Gasteiger partial charge >= 0.3 is 0 Å². The van der Waals surface area contributed by atoms with Crippen LogP contribution in [-0.2, 0) is 10.8 Å². The second-order valence-electron chi connectivity index (χ2n) is 10.0. The monoisotopic (exact) mass is 362 g/mol. The van der Waals surface area contributed by atoms with Gasteiger partial charge in [-0.15, -0.1) is 0 Å². The van der Waals surface area contributed by atoms with Gasteiger partial charge in [0, 0.05) is 0 Å². The molecule has 0 unspecified atom stereocenters. The molecule has 0 heteroatoms. The summed E-state index contributed by atoms with van der Waals surface area (Å²) in [4.78, 5) is 0. The van der Waals surface area contributed by atoms with Gasteiger partial charge in [-0.05, 0) is 65.5 Å². The van der Waals surface area contributed by atoms with Crippen LogP contribution in [0.3, 0.4) is 0 Å². The Kier molecular flexibility index (Phi) is 5.84. The van der Waals surface area contributed by atoms with Crippen LogP contribution in [0.1, 0.15) is 89.3 Å². The van der Waals surface area contributed by atoms with Gasteiger partial charge in [0.05, 0.1) is 0 Å². The molecule has 3 rings (SSSR count). The van der Waals surface area contributed by atoms with E-state index in [0.29, 0.717) is 5.41 Å². The van der Waals surface area contributed by atoms with Crippen LogP contribution in [0.25, 0.3) is 0 Å². The van der Waals surface area contributed by atoms with Gasteiger partial charge in [-0.2, -0.15) is 0 Å². The summed E-state index contributed by atoms with van der Waals surface area (Å²) in [5.74, 6) is 0. The first-order valence-electron chi connectivity index (χ1n) is 10.9. The highest BCUT2D eigenvalue weighted by molar-refractivity contribution is 5.33.